The number of thiazole rings is 1. The lowest BCUT2D eigenvalue weighted by molar-refractivity contribution is -0.114. The lowest BCUT2D eigenvalue weighted by Gasteiger charge is -2.55. The van der Waals surface area contributed by atoms with Crippen molar-refractivity contribution in [3.8, 4) is 0 Å². The summed E-state index contributed by atoms with van der Waals surface area (Å²) in [6.45, 7) is 12.0. The van der Waals surface area contributed by atoms with Crippen LogP contribution in [0.25, 0.3) is 0 Å². The Morgan fingerprint density at radius 1 is 0.933 bits per heavy atom. The molecule has 0 aliphatic heterocycles. The number of rotatable bonds is 11. The second-order valence-electron chi connectivity index (χ2n) is 12.5. The number of hydrogen-bond donors (Lipinski definition) is 6. The van der Waals surface area contributed by atoms with Crippen molar-refractivity contribution in [3.05, 3.63) is 70.5 Å². The molecule has 45 heavy (non-hydrogen) atoms. The number of nitrogens with zero attached hydrogens (tertiary/aromatic N) is 3. The predicted molar refractivity (Wildman–Crippen MR) is 172 cm³/mol. The smallest absolute Gasteiger partial charge is 0.411 e. The molecule has 242 valence electrons. The summed E-state index contributed by atoms with van der Waals surface area (Å²) >= 11 is 1.10. The SMILES string of the molecule is CC(=O)Nc1nc(CCc2ccc(NC(NC(=O)O)(N(C(=O)O)C(C)(C)C)C(C)(C)C)cc2)c(C(=O)NCc2cccnc2)s1. The summed E-state index contributed by atoms with van der Waals surface area (Å²) in [5, 5.41) is 31.5. The van der Waals surface area contributed by atoms with Crippen LogP contribution in [0.3, 0.4) is 0 Å². The van der Waals surface area contributed by atoms with E-state index in [9.17, 15) is 29.4 Å². The fraction of sp³-hybridized carbons (Fsp3) is 0.419. The Balaban J connectivity index is 1.84. The molecular weight excluding hydrogens is 598 g/mol. The van der Waals surface area contributed by atoms with Crippen molar-refractivity contribution >= 4 is 46.2 Å². The van der Waals surface area contributed by atoms with E-state index < -0.39 is 28.9 Å². The minimum Gasteiger partial charge on any atom is -0.465 e. The van der Waals surface area contributed by atoms with Crippen molar-refractivity contribution in [1.29, 1.82) is 0 Å². The highest BCUT2D eigenvalue weighted by Gasteiger charge is 2.54. The van der Waals surface area contributed by atoms with Gasteiger partial charge in [0.05, 0.1) is 5.69 Å². The predicted octanol–water partition coefficient (Wildman–Crippen LogP) is 5.37. The van der Waals surface area contributed by atoms with E-state index in [-0.39, 0.29) is 18.4 Å². The van der Waals surface area contributed by atoms with E-state index in [1.807, 2.05) is 18.2 Å². The quantitative estimate of drug-likeness (QED) is 0.150. The molecule has 2 aromatic heterocycles. The highest BCUT2D eigenvalue weighted by Crippen LogP contribution is 2.39. The Bertz CT molecular complexity index is 1510. The van der Waals surface area contributed by atoms with Gasteiger partial charge in [-0.1, -0.05) is 50.3 Å². The van der Waals surface area contributed by atoms with Crippen LogP contribution in [0.5, 0.6) is 0 Å². The maximum absolute atomic E-state index is 13.1. The third kappa shape index (κ3) is 8.91. The van der Waals surface area contributed by atoms with Crippen molar-refractivity contribution in [2.24, 2.45) is 5.41 Å². The van der Waals surface area contributed by atoms with Gasteiger partial charge in [0.2, 0.25) is 11.7 Å². The van der Waals surface area contributed by atoms with Crippen LogP contribution in [0.15, 0.2) is 48.8 Å². The van der Waals surface area contributed by atoms with Gasteiger partial charge >= 0.3 is 12.2 Å². The summed E-state index contributed by atoms with van der Waals surface area (Å²) in [5.74, 6) is -2.34. The van der Waals surface area contributed by atoms with Crippen molar-refractivity contribution in [2.45, 2.75) is 79.2 Å². The van der Waals surface area contributed by atoms with Crippen LogP contribution in [0.2, 0.25) is 0 Å². The molecule has 3 aromatic rings. The maximum atomic E-state index is 13.1. The van der Waals surface area contributed by atoms with Gasteiger partial charge in [0.25, 0.3) is 5.91 Å². The first-order valence-electron chi connectivity index (χ1n) is 14.3. The first kappa shape index (κ1) is 34.8. The number of carbonyl (C=O) groups excluding carboxylic acids is 2. The number of hydrogen-bond acceptors (Lipinski definition) is 8. The molecule has 0 aliphatic carbocycles. The zero-order valence-corrected chi connectivity index (χ0v) is 27.3. The summed E-state index contributed by atoms with van der Waals surface area (Å²) in [4.78, 5) is 59.3. The van der Waals surface area contributed by atoms with Crippen molar-refractivity contribution in [2.75, 3.05) is 10.6 Å². The van der Waals surface area contributed by atoms with Gasteiger partial charge in [-0.15, -0.1) is 0 Å². The normalized spacial score (nSPS) is 12.9. The molecular formula is C31H41N7O6S. The molecule has 0 saturated heterocycles. The molecule has 0 bridgehead atoms. The molecule has 1 atom stereocenters. The van der Waals surface area contributed by atoms with E-state index in [4.69, 9.17) is 0 Å². The van der Waals surface area contributed by atoms with Crippen molar-refractivity contribution < 1.29 is 29.4 Å². The largest absolute Gasteiger partial charge is 0.465 e. The van der Waals surface area contributed by atoms with E-state index in [0.717, 1.165) is 27.4 Å². The molecule has 4 amide bonds. The van der Waals surface area contributed by atoms with Crippen LogP contribution in [0.4, 0.5) is 20.4 Å². The van der Waals surface area contributed by atoms with Gasteiger partial charge < -0.3 is 26.2 Å². The fourth-order valence-corrected chi connectivity index (χ4v) is 5.81. The van der Waals surface area contributed by atoms with Crippen LogP contribution < -0.4 is 21.3 Å². The average Bonchev–Trinajstić information content (AvgIpc) is 3.31. The zero-order chi connectivity index (χ0) is 33.6. The second kappa shape index (κ2) is 13.9. The Morgan fingerprint density at radius 2 is 1.60 bits per heavy atom. The van der Waals surface area contributed by atoms with Gasteiger partial charge in [-0.25, -0.2) is 14.6 Å². The Morgan fingerprint density at radius 3 is 2.11 bits per heavy atom. The summed E-state index contributed by atoms with van der Waals surface area (Å²) in [6.07, 6.45) is 1.55. The molecule has 0 fully saturated rings. The fourth-order valence-electron chi connectivity index (χ4n) is 4.84. The van der Waals surface area contributed by atoms with Crippen LogP contribution in [0.1, 0.15) is 75.0 Å². The molecule has 14 heteroatoms. The number of pyridine rings is 1. The number of carbonyl (C=O) groups is 4. The zero-order valence-electron chi connectivity index (χ0n) is 26.5. The molecule has 1 unspecified atom stereocenters. The molecule has 0 radical (unpaired) electrons. The summed E-state index contributed by atoms with van der Waals surface area (Å²) < 4.78 is 0. The molecule has 6 N–H and O–H groups in total. The van der Waals surface area contributed by atoms with E-state index in [0.29, 0.717) is 34.2 Å². The third-order valence-corrected chi connectivity index (χ3v) is 7.87. The van der Waals surface area contributed by atoms with Crippen LogP contribution >= 0.6 is 11.3 Å². The summed E-state index contributed by atoms with van der Waals surface area (Å²) in [5.41, 5.74) is 0.870. The number of nitrogens with one attached hydrogen (secondary N) is 4. The van der Waals surface area contributed by atoms with E-state index >= 15 is 0 Å². The van der Waals surface area contributed by atoms with Crippen LogP contribution in [-0.4, -0.2) is 60.4 Å². The Hall–Kier alpha value is -4.72. The summed E-state index contributed by atoms with van der Waals surface area (Å²) in [6, 6.07) is 10.8. The minimum absolute atomic E-state index is 0.287. The standard InChI is InChI=1S/C31H41N7O6S/c1-19(39)34-26-35-23(24(45-26)25(40)33-18-21-9-8-16-32-17-21)15-12-20-10-13-22(14-11-20)36-31(29(2,3)4,37-27(41)42)38(28(43)44)30(5,6)7/h8-11,13-14,16-17,36-37H,12,15,18H2,1-7H3,(H,33,40)(H,41,42)(H,43,44)(H,34,35,39). The molecule has 0 spiro atoms. The number of carboxylic acid groups (broad SMARTS) is 2. The number of benzene rings is 1. The monoisotopic (exact) mass is 639 g/mol. The highest BCUT2D eigenvalue weighted by molar-refractivity contribution is 7.17. The van der Waals surface area contributed by atoms with Gasteiger partial charge in [-0.05, 0) is 62.9 Å². The van der Waals surface area contributed by atoms with Gasteiger partial charge in [-0.2, -0.15) is 0 Å². The van der Waals surface area contributed by atoms with Gasteiger partial charge in [-0.3, -0.25) is 24.8 Å². The molecule has 13 nitrogen and oxygen atoms in total. The number of anilines is 2. The van der Waals surface area contributed by atoms with Crippen molar-refractivity contribution in [3.63, 3.8) is 0 Å². The van der Waals surface area contributed by atoms with E-state index in [1.54, 1.807) is 72.1 Å². The second-order valence-corrected chi connectivity index (χ2v) is 13.5. The minimum atomic E-state index is -1.73. The van der Waals surface area contributed by atoms with Gasteiger partial charge in [0.15, 0.2) is 5.13 Å². The molecule has 3 rings (SSSR count). The lowest BCUT2D eigenvalue weighted by atomic mass is 9.82. The lowest BCUT2D eigenvalue weighted by Crippen LogP contribution is -2.76. The number of aromatic nitrogens is 2. The Kier molecular flexibility index (Phi) is 10.8. The average molecular weight is 640 g/mol. The van der Waals surface area contributed by atoms with Crippen molar-refractivity contribution in [1.82, 2.24) is 25.5 Å². The molecule has 0 saturated carbocycles. The van der Waals surface area contributed by atoms with Gasteiger partial charge in [0.1, 0.15) is 4.88 Å². The number of amides is 4. The highest BCUT2D eigenvalue weighted by atomic mass is 32.1. The summed E-state index contributed by atoms with van der Waals surface area (Å²) in [7, 11) is 0. The van der Waals surface area contributed by atoms with Crippen LogP contribution in [0, 0.1) is 5.41 Å². The molecule has 0 aliphatic rings. The van der Waals surface area contributed by atoms with E-state index in [1.165, 1.54) is 6.92 Å². The molecule has 1 aromatic carbocycles. The first-order valence-corrected chi connectivity index (χ1v) is 15.1. The number of aryl methyl sites for hydroxylation is 2. The topological polar surface area (TPSA) is 186 Å². The maximum Gasteiger partial charge on any atom is 0.411 e. The first-order chi connectivity index (χ1) is 20.9. The van der Waals surface area contributed by atoms with Gasteiger partial charge in [0, 0.05) is 42.5 Å². The Labute approximate surface area is 266 Å². The van der Waals surface area contributed by atoms with E-state index in [2.05, 4.69) is 31.2 Å². The molecule has 2 heterocycles. The van der Waals surface area contributed by atoms with Crippen LogP contribution in [-0.2, 0) is 24.2 Å². The third-order valence-electron chi connectivity index (χ3n) is 6.86.